The molecule has 0 atom stereocenters. The Bertz CT molecular complexity index is 1080. The first-order valence-corrected chi connectivity index (χ1v) is 14.8. The molecular weight excluding hydrogens is 459 g/mol. The van der Waals surface area contributed by atoms with Gasteiger partial charge in [0, 0.05) is 0 Å². The van der Waals surface area contributed by atoms with Crippen LogP contribution in [-0.2, 0) is 9.53 Å². The topological polar surface area (TPSA) is 26.3 Å². The van der Waals surface area contributed by atoms with E-state index in [1.807, 2.05) is 30.4 Å². The summed E-state index contributed by atoms with van der Waals surface area (Å²) in [5.41, 5.74) is 1.64. The maximum absolute atomic E-state index is 11.8. The number of ether oxygens (including phenoxy) is 1. The number of hydrogen-bond acceptors (Lipinski definition) is 2. The summed E-state index contributed by atoms with van der Waals surface area (Å²) in [5.74, 6) is -3.61. The van der Waals surface area contributed by atoms with Crippen LogP contribution in [-0.4, -0.2) is 18.7 Å². The van der Waals surface area contributed by atoms with E-state index in [1.54, 1.807) is 19.9 Å². The molecule has 0 spiro atoms. The first-order valence-electron chi connectivity index (χ1n) is 11.5. The van der Waals surface area contributed by atoms with E-state index in [1.165, 1.54) is 0 Å². The fourth-order valence-electron chi connectivity index (χ4n) is 4.02. The number of benzene rings is 3. The quantitative estimate of drug-likeness (QED) is 0.145. The van der Waals surface area contributed by atoms with E-state index in [2.05, 4.69) is 85.8 Å². The monoisotopic (exact) mass is 490 g/mol. The van der Waals surface area contributed by atoms with Crippen molar-refractivity contribution in [3.63, 3.8) is 0 Å². The fourth-order valence-corrected chi connectivity index (χ4v) is 9.78. The van der Waals surface area contributed by atoms with E-state index in [4.69, 9.17) is 16.0 Å². The second kappa shape index (κ2) is 11.5. The number of carbonyl (C=O) groups is 1. The number of esters is 1. The Morgan fingerprint density at radius 3 is 1.68 bits per heavy atom. The van der Waals surface area contributed by atoms with Crippen LogP contribution in [0, 0.1) is 0 Å². The number of halogens is 1. The predicted molar refractivity (Wildman–Crippen MR) is 149 cm³/mol. The van der Waals surface area contributed by atoms with Crippen molar-refractivity contribution in [1.29, 1.82) is 0 Å². The van der Waals surface area contributed by atoms with Gasteiger partial charge >= 0.3 is 209 Å². The van der Waals surface area contributed by atoms with Crippen LogP contribution >= 0.6 is 17.2 Å². The Balaban J connectivity index is 2.10. The SMILES string of the molecule is CCOC(=O)C(C)=CC=CC(C)=CCP(Cl)(c1ccccc1)(c1ccccc1)c1ccccc1. The van der Waals surface area contributed by atoms with E-state index < -0.39 is 5.96 Å². The van der Waals surface area contributed by atoms with Crippen LogP contribution in [0.25, 0.3) is 0 Å². The minimum atomic E-state index is -3.32. The molecule has 4 heteroatoms. The summed E-state index contributed by atoms with van der Waals surface area (Å²) < 4.78 is 5.05. The third kappa shape index (κ3) is 5.41. The Kier molecular flexibility index (Phi) is 8.67. The van der Waals surface area contributed by atoms with Gasteiger partial charge in [0.1, 0.15) is 0 Å². The van der Waals surface area contributed by atoms with Gasteiger partial charge in [-0.05, 0) is 0 Å². The Hall–Kier alpha value is -2.93. The molecule has 0 radical (unpaired) electrons. The molecule has 0 N–H and O–H groups in total. The van der Waals surface area contributed by atoms with Crippen LogP contribution in [0.15, 0.2) is 126 Å². The molecule has 0 aliphatic heterocycles. The molecule has 0 aliphatic rings. The Morgan fingerprint density at radius 1 is 0.824 bits per heavy atom. The van der Waals surface area contributed by atoms with Crippen molar-refractivity contribution in [2.45, 2.75) is 20.8 Å². The van der Waals surface area contributed by atoms with Gasteiger partial charge in [-0.25, -0.2) is 0 Å². The van der Waals surface area contributed by atoms with E-state index in [-0.39, 0.29) is 5.97 Å². The average Bonchev–Trinajstić information content (AvgIpc) is 2.89. The van der Waals surface area contributed by atoms with Crippen LogP contribution in [0.5, 0.6) is 0 Å². The molecule has 176 valence electrons. The molecule has 0 saturated carbocycles. The normalized spacial score (nSPS) is 13.9. The van der Waals surface area contributed by atoms with Gasteiger partial charge in [-0.2, -0.15) is 0 Å². The van der Waals surface area contributed by atoms with Gasteiger partial charge in [-0.15, -0.1) is 0 Å². The molecule has 34 heavy (non-hydrogen) atoms. The van der Waals surface area contributed by atoms with Crippen molar-refractivity contribution >= 4 is 39.1 Å². The van der Waals surface area contributed by atoms with Crippen molar-refractivity contribution < 1.29 is 9.53 Å². The zero-order valence-electron chi connectivity index (χ0n) is 20.0. The zero-order chi connectivity index (χ0) is 24.5. The van der Waals surface area contributed by atoms with Crippen molar-refractivity contribution in [3.05, 3.63) is 126 Å². The molecule has 3 aromatic carbocycles. The molecule has 2 nitrogen and oxygen atoms in total. The van der Waals surface area contributed by atoms with E-state index >= 15 is 0 Å². The van der Waals surface area contributed by atoms with Crippen LogP contribution in [0.1, 0.15) is 20.8 Å². The molecule has 0 aliphatic carbocycles. The van der Waals surface area contributed by atoms with E-state index in [0.29, 0.717) is 18.3 Å². The first kappa shape index (κ1) is 25.7. The second-order valence-electron chi connectivity index (χ2n) is 8.25. The molecule has 0 aromatic heterocycles. The Morgan fingerprint density at radius 2 is 1.26 bits per heavy atom. The van der Waals surface area contributed by atoms with E-state index in [0.717, 1.165) is 21.5 Å². The summed E-state index contributed by atoms with van der Waals surface area (Å²) in [5, 5.41) is 3.41. The fraction of sp³-hybridized carbons (Fsp3) is 0.167. The summed E-state index contributed by atoms with van der Waals surface area (Å²) in [7, 11) is 0. The van der Waals surface area contributed by atoms with Crippen molar-refractivity contribution in [1.82, 2.24) is 0 Å². The van der Waals surface area contributed by atoms with Gasteiger partial charge in [-0.3, -0.25) is 0 Å². The van der Waals surface area contributed by atoms with E-state index in [9.17, 15) is 4.79 Å². The molecule has 0 amide bonds. The summed E-state index contributed by atoms with van der Waals surface area (Å²) in [6.07, 6.45) is 8.54. The molecule has 3 aromatic rings. The van der Waals surface area contributed by atoms with Crippen molar-refractivity contribution in [2.24, 2.45) is 0 Å². The molecular formula is C30H32ClO2P. The molecule has 3 rings (SSSR count). The Labute approximate surface area is 208 Å². The van der Waals surface area contributed by atoms with Gasteiger partial charge < -0.3 is 0 Å². The zero-order valence-corrected chi connectivity index (χ0v) is 21.7. The second-order valence-corrected chi connectivity index (χ2v) is 14.8. The molecule has 0 unspecified atom stereocenters. The first-order chi connectivity index (χ1) is 16.4. The number of rotatable bonds is 9. The van der Waals surface area contributed by atoms with Crippen LogP contribution < -0.4 is 15.9 Å². The average molecular weight is 491 g/mol. The van der Waals surface area contributed by atoms with Gasteiger partial charge in [0.2, 0.25) is 0 Å². The van der Waals surface area contributed by atoms with Gasteiger partial charge in [0.05, 0.1) is 0 Å². The number of carbonyl (C=O) groups excluding carboxylic acids is 1. The summed E-state index contributed by atoms with van der Waals surface area (Å²) >= 11 is 8.07. The maximum atomic E-state index is 11.8. The number of hydrogen-bond donors (Lipinski definition) is 0. The van der Waals surface area contributed by atoms with Gasteiger partial charge in [-0.1, -0.05) is 0 Å². The summed E-state index contributed by atoms with van der Waals surface area (Å²) in [6.45, 7) is 5.99. The molecule has 0 heterocycles. The standard InChI is InChI=1S/C30H32ClO2P/c1-4-33-30(32)26(3)16-14-15-25(2)23-24-34(31,27-17-8-5-9-18-27,28-19-10-6-11-20-28)29-21-12-7-13-22-29/h5-23H,4,24H2,1-3H3. The predicted octanol–water partition coefficient (Wildman–Crippen LogP) is 6.68. The third-order valence-corrected chi connectivity index (χ3v) is 13.1. The van der Waals surface area contributed by atoms with Crippen molar-refractivity contribution in [3.8, 4) is 0 Å². The van der Waals surface area contributed by atoms with Gasteiger partial charge in [0.15, 0.2) is 0 Å². The number of allylic oxidation sites excluding steroid dienone is 5. The third-order valence-electron chi connectivity index (χ3n) is 5.94. The minimum absolute atomic E-state index is 0.295. The van der Waals surface area contributed by atoms with Crippen LogP contribution in [0.4, 0.5) is 0 Å². The molecule has 0 saturated heterocycles. The summed E-state index contributed by atoms with van der Waals surface area (Å²) in [6, 6.07) is 31.3. The summed E-state index contributed by atoms with van der Waals surface area (Å²) in [4.78, 5) is 11.8. The van der Waals surface area contributed by atoms with Crippen LogP contribution in [0.3, 0.4) is 0 Å². The van der Waals surface area contributed by atoms with Crippen LogP contribution in [0.2, 0.25) is 0 Å². The molecule has 0 fully saturated rings. The molecule has 0 bridgehead atoms. The van der Waals surface area contributed by atoms with Crippen molar-refractivity contribution in [2.75, 3.05) is 12.8 Å². The van der Waals surface area contributed by atoms with Gasteiger partial charge in [0.25, 0.3) is 0 Å².